The highest BCUT2D eigenvalue weighted by molar-refractivity contribution is 6.36. The van der Waals surface area contributed by atoms with Crippen LogP contribution in [0.25, 0.3) is 0 Å². The SMILES string of the molecule is NC1C2CCCOC2C1NC(=O)c1ccc(Cl)cc1Cl. The fraction of sp³-hybridized carbons (Fsp3) is 0.500. The molecule has 1 heterocycles. The van der Waals surface area contributed by atoms with Crippen LogP contribution in [0.1, 0.15) is 23.2 Å². The van der Waals surface area contributed by atoms with E-state index in [1.165, 1.54) is 0 Å². The van der Waals surface area contributed by atoms with Crippen LogP contribution in [-0.2, 0) is 4.74 Å². The summed E-state index contributed by atoms with van der Waals surface area (Å²) in [5.74, 6) is 0.120. The average molecular weight is 315 g/mol. The monoisotopic (exact) mass is 314 g/mol. The lowest BCUT2D eigenvalue weighted by atomic mass is 9.68. The minimum absolute atomic E-state index is 0.0359. The van der Waals surface area contributed by atoms with Crippen molar-refractivity contribution >= 4 is 29.1 Å². The maximum Gasteiger partial charge on any atom is 0.253 e. The molecule has 1 saturated carbocycles. The van der Waals surface area contributed by atoms with Crippen molar-refractivity contribution in [3.63, 3.8) is 0 Å². The first-order valence-electron chi connectivity index (χ1n) is 6.71. The van der Waals surface area contributed by atoms with Gasteiger partial charge < -0.3 is 15.8 Å². The molecule has 3 rings (SSSR count). The second-order valence-corrected chi connectivity index (χ2v) is 6.19. The van der Waals surface area contributed by atoms with Gasteiger partial charge in [-0.05, 0) is 31.0 Å². The smallest absolute Gasteiger partial charge is 0.253 e. The van der Waals surface area contributed by atoms with Crippen LogP contribution in [0.5, 0.6) is 0 Å². The van der Waals surface area contributed by atoms with Crippen LogP contribution in [0.2, 0.25) is 10.0 Å². The molecular weight excluding hydrogens is 299 g/mol. The summed E-state index contributed by atoms with van der Waals surface area (Å²) < 4.78 is 5.70. The Kier molecular flexibility index (Phi) is 3.91. The van der Waals surface area contributed by atoms with Gasteiger partial charge in [-0.3, -0.25) is 4.79 Å². The van der Waals surface area contributed by atoms with E-state index in [-0.39, 0.29) is 24.1 Å². The van der Waals surface area contributed by atoms with Gasteiger partial charge in [0.15, 0.2) is 0 Å². The van der Waals surface area contributed by atoms with Gasteiger partial charge in [0.2, 0.25) is 0 Å². The summed E-state index contributed by atoms with van der Waals surface area (Å²) >= 11 is 11.9. The van der Waals surface area contributed by atoms with Crippen molar-refractivity contribution in [2.45, 2.75) is 31.0 Å². The Hall–Kier alpha value is -0.810. The number of nitrogens with two attached hydrogens (primary N) is 1. The summed E-state index contributed by atoms with van der Waals surface area (Å²) in [7, 11) is 0. The molecule has 4 nitrogen and oxygen atoms in total. The van der Waals surface area contributed by atoms with Crippen LogP contribution in [0, 0.1) is 5.92 Å². The summed E-state index contributed by atoms with van der Waals surface area (Å²) in [5, 5.41) is 3.76. The Bertz CT molecular complexity index is 538. The number of hydrogen-bond acceptors (Lipinski definition) is 3. The number of halogens is 2. The largest absolute Gasteiger partial charge is 0.376 e. The Balaban J connectivity index is 1.70. The van der Waals surface area contributed by atoms with Crippen molar-refractivity contribution in [1.29, 1.82) is 0 Å². The van der Waals surface area contributed by atoms with E-state index in [0.29, 0.717) is 21.5 Å². The Labute approximate surface area is 127 Å². The number of hydrogen-bond donors (Lipinski definition) is 2. The van der Waals surface area contributed by atoms with Crippen molar-refractivity contribution in [1.82, 2.24) is 5.32 Å². The second kappa shape index (κ2) is 5.53. The third kappa shape index (κ3) is 2.42. The predicted octanol–water partition coefficient (Wildman–Crippen LogP) is 2.23. The quantitative estimate of drug-likeness (QED) is 0.879. The number of rotatable bonds is 2. The molecule has 2 aliphatic rings. The Morgan fingerprint density at radius 1 is 1.40 bits per heavy atom. The normalized spacial score (nSPS) is 32.1. The van der Waals surface area contributed by atoms with Crippen molar-refractivity contribution in [2.24, 2.45) is 11.7 Å². The molecule has 1 aromatic carbocycles. The zero-order valence-corrected chi connectivity index (χ0v) is 12.3. The van der Waals surface area contributed by atoms with Gasteiger partial charge in [0.05, 0.1) is 22.7 Å². The van der Waals surface area contributed by atoms with Crippen molar-refractivity contribution < 1.29 is 9.53 Å². The number of benzene rings is 1. The highest BCUT2D eigenvalue weighted by Gasteiger charge is 2.51. The van der Waals surface area contributed by atoms with Crippen LogP contribution in [-0.4, -0.2) is 30.7 Å². The molecule has 0 spiro atoms. The number of ether oxygens (including phenoxy) is 1. The maximum atomic E-state index is 12.3. The zero-order chi connectivity index (χ0) is 14.3. The lowest BCUT2D eigenvalue weighted by Gasteiger charge is -2.52. The zero-order valence-electron chi connectivity index (χ0n) is 10.8. The first-order chi connectivity index (χ1) is 9.58. The third-order valence-electron chi connectivity index (χ3n) is 4.15. The fourth-order valence-corrected chi connectivity index (χ4v) is 3.52. The molecule has 1 aromatic rings. The van der Waals surface area contributed by atoms with Crippen LogP contribution in [0.15, 0.2) is 18.2 Å². The molecule has 1 saturated heterocycles. The van der Waals surface area contributed by atoms with Gasteiger partial charge in [-0.2, -0.15) is 0 Å². The fourth-order valence-electron chi connectivity index (χ4n) is 3.03. The summed E-state index contributed by atoms with van der Waals surface area (Å²) in [6.45, 7) is 0.738. The molecule has 6 heteroatoms. The van der Waals surface area contributed by atoms with Gasteiger partial charge in [-0.15, -0.1) is 0 Å². The molecular formula is C14H16Cl2N2O2. The molecule has 1 aliphatic heterocycles. The van der Waals surface area contributed by atoms with Gasteiger partial charge in [-0.1, -0.05) is 23.2 Å². The molecule has 3 N–H and O–H groups in total. The molecule has 1 amide bonds. The lowest BCUT2D eigenvalue weighted by Crippen LogP contribution is -2.72. The summed E-state index contributed by atoms with van der Waals surface area (Å²) in [5.41, 5.74) is 6.52. The van der Waals surface area contributed by atoms with E-state index < -0.39 is 0 Å². The molecule has 0 aromatic heterocycles. The van der Waals surface area contributed by atoms with E-state index in [1.807, 2.05) is 0 Å². The van der Waals surface area contributed by atoms with Gasteiger partial charge >= 0.3 is 0 Å². The van der Waals surface area contributed by atoms with Crippen LogP contribution in [0.4, 0.5) is 0 Å². The topological polar surface area (TPSA) is 64.3 Å². The molecule has 4 unspecified atom stereocenters. The maximum absolute atomic E-state index is 12.3. The van der Waals surface area contributed by atoms with E-state index in [2.05, 4.69) is 5.32 Å². The second-order valence-electron chi connectivity index (χ2n) is 5.34. The number of amides is 1. The molecule has 0 bridgehead atoms. The Morgan fingerprint density at radius 2 is 2.20 bits per heavy atom. The first-order valence-corrected chi connectivity index (χ1v) is 7.46. The van der Waals surface area contributed by atoms with Crippen LogP contribution in [0.3, 0.4) is 0 Å². The summed E-state index contributed by atoms with van der Waals surface area (Å²) in [6, 6.07) is 4.63. The number of nitrogens with one attached hydrogen (secondary N) is 1. The molecule has 0 radical (unpaired) electrons. The lowest BCUT2D eigenvalue weighted by molar-refractivity contribution is -0.117. The van der Waals surface area contributed by atoms with Crippen LogP contribution < -0.4 is 11.1 Å². The molecule has 2 fully saturated rings. The predicted molar refractivity (Wildman–Crippen MR) is 78.2 cm³/mol. The minimum atomic E-state index is -0.236. The number of carbonyl (C=O) groups excluding carboxylic acids is 1. The molecule has 20 heavy (non-hydrogen) atoms. The average Bonchev–Trinajstić information content (AvgIpc) is 2.44. The van der Waals surface area contributed by atoms with E-state index in [9.17, 15) is 4.79 Å². The van der Waals surface area contributed by atoms with E-state index in [4.69, 9.17) is 33.7 Å². The summed E-state index contributed by atoms with van der Waals surface area (Å²) in [4.78, 5) is 12.3. The Morgan fingerprint density at radius 3 is 2.95 bits per heavy atom. The molecule has 1 aliphatic carbocycles. The van der Waals surface area contributed by atoms with Crippen molar-refractivity contribution in [2.75, 3.05) is 6.61 Å². The molecule has 108 valence electrons. The van der Waals surface area contributed by atoms with Gasteiger partial charge in [0, 0.05) is 23.6 Å². The third-order valence-corrected chi connectivity index (χ3v) is 4.70. The van der Waals surface area contributed by atoms with Gasteiger partial charge in [0.1, 0.15) is 0 Å². The van der Waals surface area contributed by atoms with Gasteiger partial charge in [0.25, 0.3) is 5.91 Å². The highest BCUT2D eigenvalue weighted by Crippen LogP contribution is 2.37. The number of carbonyl (C=O) groups is 1. The van der Waals surface area contributed by atoms with E-state index >= 15 is 0 Å². The highest BCUT2D eigenvalue weighted by atomic mass is 35.5. The summed E-state index contributed by atoms with van der Waals surface area (Å²) in [6.07, 6.45) is 2.15. The van der Waals surface area contributed by atoms with E-state index in [1.54, 1.807) is 18.2 Å². The van der Waals surface area contributed by atoms with Crippen molar-refractivity contribution in [3.05, 3.63) is 33.8 Å². The van der Waals surface area contributed by atoms with Gasteiger partial charge in [-0.25, -0.2) is 0 Å². The minimum Gasteiger partial charge on any atom is -0.376 e. The van der Waals surface area contributed by atoms with Crippen molar-refractivity contribution in [3.8, 4) is 0 Å². The number of fused-ring (bicyclic) bond motifs is 1. The molecule has 4 atom stereocenters. The van der Waals surface area contributed by atoms with Crippen LogP contribution >= 0.6 is 23.2 Å². The standard InChI is InChI=1S/C14H16Cl2N2O2/c15-7-3-4-8(10(16)6-7)14(19)18-12-11(17)9-2-1-5-20-13(9)12/h3-4,6,9,11-13H,1-2,5,17H2,(H,18,19). The first kappa shape index (κ1) is 14.1. The van der Waals surface area contributed by atoms with E-state index in [0.717, 1.165) is 19.4 Å².